The number of alkyl carbamates (subject to hydrolysis) is 1. The van der Waals surface area contributed by atoms with Crippen LogP contribution in [-0.4, -0.2) is 35.3 Å². The van der Waals surface area contributed by atoms with Crippen molar-refractivity contribution >= 4 is 18.0 Å². The molecule has 3 N–H and O–H groups in total. The van der Waals surface area contributed by atoms with Crippen molar-refractivity contribution in [3.63, 3.8) is 0 Å². The number of imide groups is 1. The number of methoxy groups -OCH3 is 1. The van der Waals surface area contributed by atoms with E-state index >= 15 is 0 Å². The fraction of sp³-hybridized carbons (Fsp3) is 0.261. The zero-order valence-electron chi connectivity index (χ0n) is 17.3. The third-order valence-corrected chi connectivity index (χ3v) is 4.58. The van der Waals surface area contributed by atoms with E-state index < -0.39 is 24.1 Å². The summed E-state index contributed by atoms with van der Waals surface area (Å²) in [6.45, 7) is 1.83. The number of carboxylic acid groups (broad SMARTS) is 1. The van der Waals surface area contributed by atoms with Gasteiger partial charge in [0.2, 0.25) is 0 Å². The molecule has 2 amide bonds. The normalized spacial score (nSPS) is 12.7. The van der Waals surface area contributed by atoms with Gasteiger partial charge in [-0.2, -0.15) is 0 Å². The number of carbonyl (C=O) groups is 3. The minimum atomic E-state index is -1.04. The van der Waals surface area contributed by atoms with E-state index in [1.165, 1.54) is 19.3 Å². The van der Waals surface area contributed by atoms with Crippen molar-refractivity contribution in [3.8, 4) is 11.5 Å². The number of aliphatic carboxylic acids is 1. The molecule has 0 fully saturated rings. The van der Waals surface area contributed by atoms with Crippen molar-refractivity contribution < 1.29 is 34.1 Å². The first-order valence-electron chi connectivity index (χ1n) is 9.65. The van der Waals surface area contributed by atoms with Crippen LogP contribution in [0.2, 0.25) is 0 Å². The Bertz CT molecular complexity index is 940. The third kappa shape index (κ3) is 7.18. The standard InChI is InChI=1S/C23H25NO7/c1-15(8-6-7-11-20(26)27)21(17-12-13-19(30-2)18(25)14-17)31-23(29)24-22(28)16-9-4-3-5-10-16/h3-5,7,9-15,21,25H,6,8H2,1-2H3,(H,26,27)(H,24,28,29)/b11-7+/t15-,21-/m1/s1. The summed E-state index contributed by atoms with van der Waals surface area (Å²) < 4.78 is 10.6. The largest absolute Gasteiger partial charge is 0.504 e. The molecule has 0 saturated carbocycles. The van der Waals surface area contributed by atoms with Gasteiger partial charge in [-0.15, -0.1) is 0 Å². The fourth-order valence-corrected chi connectivity index (χ4v) is 2.99. The van der Waals surface area contributed by atoms with Gasteiger partial charge in [0, 0.05) is 11.6 Å². The summed E-state index contributed by atoms with van der Waals surface area (Å²) in [5, 5.41) is 21.0. The second-order valence-electron chi connectivity index (χ2n) is 6.87. The van der Waals surface area contributed by atoms with Crippen LogP contribution in [0.5, 0.6) is 11.5 Å². The molecule has 0 heterocycles. The van der Waals surface area contributed by atoms with Crippen molar-refractivity contribution in [1.29, 1.82) is 0 Å². The Balaban J connectivity index is 2.16. The number of amides is 2. The lowest BCUT2D eigenvalue weighted by molar-refractivity contribution is -0.131. The average Bonchev–Trinajstić information content (AvgIpc) is 2.75. The van der Waals surface area contributed by atoms with E-state index in [1.807, 2.05) is 6.92 Å². The van der Waals surface area contributed by atoms with Crippen molar-refractivity contribution in [3.05, 3.63) is 71.8 Å². The van der Waals surface area contributed by atoms with E-state index in [1.54, 1.807) is 42.5 Å². The maximum absolute atomic E-state index is 12.4. The molecule has 0 bridgehead atoms. The van der Waals surface area contributed by atoms with Crippen LogP contribution < -0.4 is 10.1 Å². The van der Waals surface area contributed by atoms with Crippen LogP contribution in [0, 0.1) is 5.92 Å². The average molecular weight is 427 g/mol. The lowest BCUT2D eigenvalue weighted by Gasteiger charge is -2.25. The molecule has 8 nitrogen and oxygen atoms in total. The molecule has 164 valence electrons. The summed E-state index contributed by atoms with van der Waals surface area (Å²) >= 11 is 0. The van der Waals surface area contributed by atoms with Crippen molar-refractivity contribution in [2.24, 2.45) is 5.92 Å². The van der Waals surface area contributed by atoms with E-state index in [0.29, 0.717) is 24.0 Å². The van der Waals surface area contributed by atoms with E-state index in [-0.39, 0.29) is 17.4 Å². The molecule has 0 spiro atoms. The number of allylic oxidation sites excluding steroid dienone is 1. The summed E-state index contributed by atoms with van der Waals surface area (Å²) in [6.07, 6.45) is 1.79. The number of nitrogens with one attached hydrogen (secondary N) is 1. The van der Waals surface area contributed by atoms with Crippen molar-refractivity contribution in [1.82, 2.24) is 5.32 Å². The number of carboxylic acids is 1. The molecule has 0 aliphatic rings. The first-order chi connectivity index (χ1) is 14.8. The van der Waals surface area contributed by atoms with Crippen LogP contribution in [0.1, 0.15) is 41.8 Å². The second kappa shape index (κ2) is 11.4. The number of rotatable bonds is 9. The van der Waals surface area contributed by atoms with Gasteiger partial charge >= 0.3 is 12.1 Å². The highest BCUT2D eigenvalue weighted by Gasteiger charge is 2.25. The summed E-state index contributed by atoms with van der Waals surface area (Å²) in [6, 6.07) is 12.9. The van der Waals surface area contributed by atoms with E-state index in [4.69, 9.17) is 14.6 Å². The van der Waals surface area contributed by atoms with Crippen molar-refractivity contribution in [2.45, 2.75) is 25.9 Å². The number of benzene rings is 2. The SMILES string of the molecule is COc1ccc([C@H](OC(=O)NC(=O)c2ccccc2)[C@H](C)CC/C=C/C(=O)O)cc1O. The van der Waals surface area contributed by atoms with E-state index in [9.17, 15) is 19.5 Å². The molecule has 0 radical (unpaired) electrons. The number of phenols is 1. The predicted molar refractivity (Wildman–Crippen MR) is 113 cm³/mol. The number of carbonyl (C=O) groups excluding carboxylic acids is 2. The minimum Gasteiger partial charge on any atom is -0.504 e. The Hall–Kier alpha value is -3.81. The smallest absolute Gasteiger partial charge is 0.414 e. The molecule has 2 aromatic carbocycles. The minimum absolute atomic E-state index is 0.118. The Kier molecular flexibility index (Phi) is 8.63. The van der Waals surface area contributed by atoms with E-state index in [0.717, 1.165) is 6.08 Å². The van der Waals surface area contributed by atoms with Gasteiger partial charge in [0.25, 0.3) is 5.91 Å². The summed E-state index contributed by atoms with van der Waals surface area (Å²) in [7, 11) is 1.42. The topological polar surface area (TPSA) is 122 Å². The highest BCUT2D eigenvalue weighted by Crippen LogP contribution is 2.35. The summed E-state index contributed by atoms with van der Waals surface area (Å²) in [4.78, 5) is 35.3. The highest BCUT2D eigenvalue weighted by atomic mass is 16.6. The van der Waals surface area contributed by atoms with Gasteiger partial charge in [-0.1, -0.05) is 37.3 Å². The molecule has 0 unspecified atom stereocenters. The number of hydrogen-bond donors (Lipinski definition) is 3. The summed E-state index contributed by atoms with van der Waals surface area (Å²) in [5.74, 6) is -1.74. The molecule has 2 atom stereocenters. The Labute approximate surface area is 180 Å². The maximum atomic E-state index is 12.4. The molecule has 31 heavy (non-hydrogen) atoms. The Morgan fingerprint density at radius 1 is 1.13 bits per heavy atom. The van der Waals surface area contributed by atoms with Gasteiger partial charge < -0.3 is 19.7 Å². The first-order valence-corrected chi connectivity index (χ1v) is 9.65. The second-order valence-corrected chi connectivity index (χ2v) is 6.87. The molecule has 0 saturated heterocycles. The molecule has 0 aromatic heterocycles. The lowest BCUT2D eigenvalue weighted by Crippen LogP contribution is -2.33. The van der Waals surface area contributed by atoms with Crippen LogP contribution in [0.25, 0.3) is 0 Å². The highest BCUT2D eigenvalue weighted by molar-refractivity contribution is 6.02. The van der Waals surface area contributed by atoms with Crippen LogP contribution in [0.4, 0.5) is 4.79 Å². The lowest BCUT2D eigenvalue weighted by atomic mass is 9.92. The molecule has 0 aliphatic heterocycles. The monoisotopic (exact) mass is 427 g/mol. The van der Waals surface area contributed by atoms with Gasteiger partial charge in [0.15, 0.2) is 11.5 Å². The van der Waals surface area contributed by atoms with Gasteiger partial charge in [0.05, 0.1) is 7.11 Å². The van der Waals surface area contributed by atoms with Crippen LogP contribution >= 0.6 is 0 Å². The number of aromatic hydroxyl groups is 1. The first kappa shape index (κ1) is 23.5. The molecule has 8 heteroatoms. The molecule has 2 rings (SSSR count). The number of hydrogen-bond acceptors (Lipinski definition) is 6. The predicted octanol–water partition coefficient (Wildman–Crippen LogP) is 4.07. The van der Waals surface area contributed by atoms with Gasteiger partial charge in [-0.3, -0.25) is 10.1 Å². The fourth-order valence-electron chi connectivity index (χ4n) is 2.99. The number of ether oxygens (including phenoxy) is 2. The molecular formula is C23H25NO7. The molecule has 0 aliphatic carbocycles. The van der Waals surface area contributed by atoms with Crippen LogP contribution in [0.3, 0.4) is 0 Å². The quantitative estimate of drug-likeness (QED) is 0.516. The number of phenolic OH excluding ortho intramolecular Hbond substituents is 1. The Morgan fingerprint density at radius 3 is 2.45 bits per heavy atom. The Morgan fingerprint density at radius 2 is 1.84 bits per heavy atom. The maximum Gasteiger partial charge on any atom is 0.414 e. The van der Waals surface area contributed by atoms with Gasteiger partial charge in [0.1, 0.15) is 6.10 Å². The summed E-state index contributed by atoms with van der Waals surface area (Å²) in [5.41, 5.74) is 0.820. The van der Waals surface area contributed by atoms with Gasteiger partial charge in [-0.05, 0) is 48.6 Å². The van der Waals surface area contributed by atoms with Crippen LogP contribution in [-0.2, 0) is 9.53 Å². The van der Waals surface area contributed by atoms with Gasteiger partial charge in [-0.25, -0.2) is 9.59 Å². The zero-order chi connectivity index (χ0) is 22.8. The van der Waals surface area contributed by atoms with Crippen molar-refractivity contribution in [2.75, 3.05) is 7.11 Å². The third-order valence-electron chi connectivity index (χ3n) is 4.58. The molecular weight excluding hydrogens is 402 g/mol. The zero-order valence-corrected chi connectivity index (χ0v) is 17.3. The molecule has 2 aromatic rings. The van der Waals surface area contributed by atoms with E-state index in [2.05, 4.69) is 5.32 Å². The van der Waals surface area contributed by atoms with Crippen LogP contribution in [0.15, 0.2) is 60.7 Å².